The molecule has 0 aromatic carbocycles. The van der Waals surface area contributed by atoms with Crippen molar-refractivity contribution in [3.8, 4) is 0 Å². The Morgan fingerprint density at radius 1 is 1.50 bits per heavy atom. The molecule has 1 N–H and O–H groups in total. The van der Waals surface area contributed by atoms with Crippen LogP contribution in [0.25, 0.3) is 0 Å². The van der Waals surface area contributed by atoms with Gasteiger partial charge >= 0.3 is 0 Å². The van der Waals surface area contributed by atoms with E-state index < -0.39 is 0 Å². The van der Waals surface area contributed by atoms with Crippen molar-refractivity contribution in [2.75, 3.05) is 13.2 Å². The minimum absolute atomic E-state index is 0.139. The molecule has 4 atom stereocenters. The maximum absolute atomic E-state index is 12.5. The lowest BCUT2D eigenvalue weighted by Crippen LogP contribution is -2.43. The Bertz CT molecular complexity index is 321. The van der Waals surface area contributed by atoms with Crippen LogP contribution in [0.2, 0.25) is 0 Å². The molecule has 4 heteroatoms. The van der Waals surface area contributed by atoms with E-state index in [1.807, 2.05) is 11.8 Å². The van der Waals surface area contributed by atoms with Crippen LogP contribution < -0.4 is 5.32 Å². The highest BCUT2D eigenvalue weighted by molar-refractivity contribution is 5.88. The second kappa shape index (κ2) is 5.17. The van der Waals surface area contributed by atoms with Crippen molar-refractivity contribution in [3.63, 3.8) is 0 Å². The predicted octanol–water partition coefficient (Wildman–Crippen LogP) is 1.75. The first-order valence-electron chi connectivity index (χ1n) is 7.22. The van der Waals surface area contributed by atoms with Crippen molar-refractivity contribution in [2.24, 2.45) is 5.92 Å². The summed E-state index contributed by atoms with van der Waals surface area (Å²) in [5.41, 5.74) is -0.374. The molecule has 1 amide bonds. The topological polar surface area (TPSA) is 41.6 Å². The highest BCUT2D eigenvalue weighted by atomic mass is 16.5. The lowest BCUT2D eigenvalue weighted by atomic mass is 9.96. The third kappa shape index (κ3) is 2.28. The fraction of sp³-hybridized carbons (Fsp3) is 0.929. The normalized spacial score (nSPS) is 40.8. The molecule has 0 aromatic rings. The summed E-state index contributed by atoms with van der Waals surface area (Å²) in [6.45, 7) is 9.99. The zero-order chi connectivity index (χ0) is 13.3. The van der Waals surface area contributed by atoms with E-state index >= 15 is 0 Å². The summed E-state index contributed by atoms with van der Waals surface area (Å²) < 4.78 is 5.72. The van der Waals surface area contributed by atoms with Crippen molar-refractivity contribution in [3.05, 3.63) is 0 Å². The van der Waals surface area contributed by atoms with Gasteiger partial charge in [-0.1, -0.05) is 13.8 Å². The molecule has 18 heavy (non-hydrogen) atoms. The van der Waals surface area contributed by atoms with Crippen molar-refractivity contribution < 1.29 is 9.53 Å². The maximum Gasteiger partial charge on any atom is 0.243 e. The maximum atomic E-state index is 12.5. The third-order valence-electron chi connectivity index (χ3n) is 4.61. The first-order chi connectivity index (χ1) is 8.51. The Hall–Kier alpha value is -0.610. The zero-order valence-corrected chi connectivity index (χ0v) is 12.0. The molecule has 2 heterocycles. The van der Waals surface area contributed by atoms with Crippen LogP contribution in [0.5, 0.6) is 0 Å². The SMILES string of the molecule is CCC1OCCC1CN1C(=O)C(C)(CC)NC1C. The molecule has 0 saturated carbocycles. The van der Waals surface area contributed by atoms with Gasteiger partial charge in [-0.3, -0.25) is 10.1 Å². The molecule has 0 radical (unpaired) electrons. The number of ether oxygens (including phenoxy) is 1. The lowest BCUT2D eigenvalue weighted by molar-refractivity contribution is -0.133. The molecule has 2 saturated heterocycles. The van der Waals surface area contributed by atoms with Gasteiger partial charge in [0.05, 0.1) is 17.8 Å². The Kier molecular flexibility index (Phi) is 3.97. The van der Waals surface area contributed by atoms with Gasteiger partial charge in [-0.25, -0.2) is 0 Å². The molecule has 2 rings (SSSR count). The highest BCUT2D eigenvalue weighted by Gasteiger charge is 2.46. The summed E-state index contributed by atoms with van der Waals surface area (Å²) in [5, 5.41) is 3.42. The van der Waals surface area contributed by atoms with Gasteiger partial charge in [0.2, 0.25) is 5.91 Å². The lowest BCUT2D eigenvalue weighted by Gasteiger charge is -2.27. The molecule has 4 nitrogen and oxygen atoms in total. The number of nitrogens with one attached hydrogen (secondary N) is 1. The van der Waals surface area contributed by atoms with Gasteiger partial charge in [-0.05, 0) is 33.1 Å². The van der Waals surface area contributed by atoms with Gasteiger partial charge in [0.25, 0.3) is 0 Å². The molecule has 0 bridgehead atoms. The summed E-state index contributed by atoms with van der Waals surface area (Å²) in [5.74, 6) is 0.752. The van der Waals surface area contributed by atoms with Crippen LogP contribution in [0.3, 0.4) is 0 Å². The monoisotopic (exact) mass is 254 g/mol. The standard InChI is InChI=1S/C14H26N2O2/c1-5-12-11(7-8-18-12)9-16-10(3)15-14(4,6-2)13(16)17/h10-12,15H,5-9H2,1-4H3. The van der Waals surface area contributed by atoms with Gasteiger partial charge in [-0.2, -0.15) is 0 Å². The summed E-state index contributed by atoms with van der Waals surface area (Å²) in [6.07, 6.45) is 3.43. The summed E-state index contributed by atoms with van der Waals surface area (Å²) in [4.78, 5) is 14.5. The Morgan fingerprint density at radius 3 is 2.78 bits per heavy atom. The number of hydrogen-bond acceptors (Lipinski definition) is 3. The average Bonchev–Trinajstić information content (AvgIpc) is 2.88. The molecule has 0 aliphatic carbocycles. The average molecular weight is 254 g/mol. The molecule has 104 valence electrons. The van der Waals surface area contributed by atoms with Gasteiger partial charge < -0.3 is 9.64 Å². The largest absolute Gasteiger partial charge is 0.378 e. The second-order valence-electron chi connectivity index (χ2n) is 5.83. The van der Waals surface area contributed by atoms with Gasteiger partial charge in [0.1, 0.15) is 0 Å². The fourth-order valence-corrected chi connectivity index (χ4v) is 3.19. The second-order valence-corrected chi connectivity index (χ2v) is 5.83. The van der Waals surface area contributed by atoms with Crippen LogP contribution in [0.4, 0.5) is 0 Å². The van der Waals surface area contributed by atoms with Crippen LogP contribution >= 0.6 is 0 Å². The van der Waals surface area contributed by atoms with Crippen LogP contribution in [-0.4, -0.2) is 41.8 Å². The van der Waals surface area contributed by atoms with E-state index in [0.29, 0.717) is 12.0 Å². The molecular formula is C14H26N2O2. The zero-order valence-electron chi connectivity index (χ0n) is 12.0. The highest BCUT2D eigenvalue weighted by Crippen LogP contribution is 2.29. The molecule has 2 fully saturated rings. The predicted molar refractivity (Wildman–Crippen MR) is 71.1 cm³/mol. The van der Waals surface area contributed by atoms with E-state index in [0.717, 1.165) is 32.4 Å². The van der Waals surface area contributed by atoms with Crippen molar-refractivity contribution in [1.29, 1.82) is 0 Å². The number of hydrogen-bond donors (Lipinski definition) is 1. The van der Waals surface area contributed by atoms with Crippen LogP contribution in [0, 0.1) is 5.92 Å². The summed E-state index contributed by atoms with van der Waals surface area (Å²) in [6, 6.07) is 0. The quantitative estimate of drug-likeness (QED) is 0.831. The number of carbonyl (C=O) groups excluding carboxylic acids is 1. The van der Waals surface area contributed by atoms with Crippen LogP contribution in [0.1, 0.15) is 47.0 Å². The summed E-state index contributed by atoms with van der Waals surface area (Å²) >= 11 is 0. The molecule has 4 unspecified atom stereocenters. The Morgan fingerprint density at radius 2 is 2.22 bits per heavy atom. The Balaban J connectivity index is 2.03. The van der Waals surface area contributed by atoms with Crippen LogP contribution in [-0.2, 0) is 9.53 Å². The van der Waals surface area contributed by atoms with E-state index in [4.69, 9.17) is 4.74 Å². The molecular weight excluding hydrogens is 228 g/mol. The van der Waals surface area contributed by atoms with Gasteiger partial charge in [0.15, 0.2) is 0 Å². The molecule has 2 aliphatic heterocycles. The van der Waals surface area contributed by atoms with E-state index in [1.54, 1.807) is 0 Å². The molecule has 0 spiro atoms. The third-order valence-corrected chi connectivity index (χ3v) is 4.61. The number of carbonyl (C=O) groups is 1. The molecule has 0 aromatic heterocycles. The first-order valence-corrected chi connectivity index (χ1v) is 7.22. The number of nitrogens with zero attached hydrogens (tertiary/aromatic N) is 1. The number of rotatable bonds is 4. The van der Waals surface area contributed by atoms with E-state index in [2.05, 4.69) is 26.1 Å². The van der Waals surface area contributed by atoms with E-state index in [-0.39, 0.29) is 17.6 Å². The smallest absolute Gasteiger partial charge is 0.243 e. The van der Waals surface area contributed by atoms with Crippen molar-refractivity contribution >= 4 is 5.91 Å². The Labute approximate surface area is 110 Å². The minimum Gasteiger partial charge on any atom is -0.378 e. The van der Waals surface area contributed by atoms with E-state index in [1.165, 1.54) is 0 Å². The van der Waals surface area contributed by atoms with E-state index in [9.17, 15) is 4.79 Å². The van der Waals surface area contributed by atoms with Gasteiger partial charge in [0, 0.05) is 19.1 Å². The fourth-order valence-electron chi connectivity index (χ4n) is 3.19. The van der Waals surface area contributed by atoms with Gasteiger partial charge in [-0.15, -0.1) is 0 Å². The molecule has 2 aliphatic rings. The first kappa shape index (κ1) is 13.8. The minimum atomic E-state index is -0.374. The summed E-state index contributed by atoms with van der Waals surface area (Å²) in [7, 11) is 0. The van der Waals surface area contributed by atoms with Crippen LogP contribution in [0.15, 0.2) is 0 Å². The number of amides is 1. The van der Waals surface area contributed by atoms with Crippen molar-refractivity contribution in [2.45, 2.75) is 64.8 Å². The van der Waals surface area contributed by atoms with Crippen molar-refractivity contribution in [1.82, 2.24) is 10.2 Å².